The zero-order chi connectivity index (χ0) is 22.2. The monoisotopic (exact) mass is 420 g/mol. The Kier molecular flexibility index (Phi) is 5.14. The number of H-pyrrole nitrogens is 1. The summed E-state index contributed by atoms with van der Waals surface area (Å²) < 4.78 is 5.80. The zero-order valence-electron chi connectivity index (χ0n) is 17.1. The van der Waals surface area contributed by atoms with Crippen molar-refractivity contribution in [3.8, 4) is 28.3 Å². The Labute approximate surface area is 178 Å². The van der Waals surface area contributed by atoms with Crippen molar-refractivity contribution in [3.63, 3.8) is 0 Å². The van der Waals surface area contributed by atoms with E-state index in [1.54, 1.807) is 6.07 Å². The Morgan fingerprint density at radius 3 is 2.58 bits per heavy atom. The van der Waals surface area contributed by atoms with Gasteiger partial charge in [0, 0.05) is 0 Å². The largest absolute Gasteiger partial charge is 0.493 e. The van der Waals surface area contributed by atoms with Gasteiger partial charge in [0.1, 0.15) is 17.3 Å². The van der Waals surface area contributed by atoms with Crippen LogP contribution in [0.25, 0.3) is 22.5 Å². The smallest absolute Gasteiger partial charge is 0.309 e. The molecule has 2 aromatic carbocycles. The van der Waals surface area contributed by atoms with E-state index in [-0.39, 0.29) is 17.3 Å². The minimum absolute atomic E-state index is 0.0367. The fraction of sp³-hybridized carbons (Fsp3) is 0.261. The first kappa shape index (κ1) is 20.5. The zero-order valence-corrected chi connectivity index (χ0v) is 17.1. The number of hydrogen-bond acceptors (Lipinski definition) is 6. The van der Waals surface area contributed by atoms with Gasteiger partial charge in [0.2, 0.25) is 0 Å². The Balaban J connectivity index is 1.71. The first-order chi connectivity index (χ1) is 14.8. The number of anilines is 2. The second-order valence-electron chi connectivity index (χ2n) is 7.82. The molecule has 0 saturated heterocycles. The Bertz CT molecular complexity index is 1210. The van der Waals surface area contributed by atoms with Crippen LogP contribution in [0.5, 0.6) is 5.75 Å². The third-order valence-corrected chi connectivity index (χ3v) is 5.63. The molecule has 1 saturated carbocycles. The topological polar surface area (TPSA) is 144 Å². The van der Waals surface area contributed by atoms with E-state index in [9.17, 15) is 14.7 Å². The van der Waals surface area contributed by atoms with Crippen molar-refractivity contribution in [2.75, 3.05) is 18.1 Å². The summed E-state index contributed by atoms with van der Waals surface area (Å²) in [5.74, 6) is 0.0510. The molecule has 160 valence electrons. The van der Waals surface area contributed by atoms with E-state index in [0.717, 1.165) is 16.7 Å². The quantitative estimate of drug-likeness (QED) is 0.460. The summed E-state index contributed by atoms with van der Waals surface area (Å²) in [5, 5.41) is 9.48. The molecule has 1 aliphatic rings. The van der Waals surface area contributed by atoms with Crippen molar-refractivity contribution in [2.45, 2.75) is 26.2 Å². The van der Waals surface area contributed by atoms with Gasteiger partial charge in [0.25, 0.3) is 5.56 Å². The average molecular weight is 420 g/mol. The normalized spacial score (nSPS) is 14.2. The molecular formula is C23H24N4O4. The highest BCUT2D eigenvalue weighted by Gasteiger charge is 2.49. The number of nitrogens with one attached hydrogen (secondary N) is 1. The molecule has 0 atom stereocenters. The number of nitrogens with zero attached hydrogens (tertiary/aromatic N) is 1. The van der Waals surface area contributed by atoms with Crippen LogP contribution in [-0.2, 0) is 11.2 Å². The van der Waals surface area contributed by atoms with Crippen LogP contribution in [-0.4, -0.2) is 27.7 Å². The maximum Gasteiger partial charge on any atom is 0.309 e. The minimum Gasteiger partial charge on any atom is -0.493 e. The number of aromatic nitrogens is 2. The van der Waals surface area contributed by atoms with Crippen LogP contribution in [0.3, 0.4) is 0 Å². The molecule has 0 bridgehead atoms. The van der Waals surface area contributed by atoms with E-state index in [4.69, 9.17) is 16.2 Å². The Morgan fingerprint density at radius 2 is 1.94 bits per heavy atom. The molecule has 8 nitrogen and oxygen atoms in total. The van der Waals surface area contributed by atoms with E-state index < -0.39 is 16.9 Å². The average Bonchev–Trinajstić information content (AvgIpc) is 3.53. The lowest BCUT2D eigenvalue weighted by molar-refractivity contribution is -0.143. The molecule has 0 radical (unpaired) electrons. The fourth-order valence-corrected chi connectivity index (χ4v) is 3.67. The summed E-state index contributed by atoms with van der Waals surface area (Å²) in [4.78, 5) is 30.4. The van der Waals surface area contributed by atoms with E-state index in [1.165, 1.54) is 0 Å². The van der Waals surface area contributed by atoms with Gasteiger partial charge in [-0.15, -0.1) is 0 Å². The lowest BCUT2D eigenvalue weighted by Crippen LogP contribution is -2.17. The number of ether oxygens (including phenoxy) is 1. The highest BCUT2D eigenvalue weighted by Crippen LogP contribution is 2.48. The maximum atomic E-state index is 12.0. The number of aromatic amines is 1. The molecule has 4 rings (SSSR count). The number of nitrogen functional groups attached to an aromatic ring is 2. The molecule has 0 amide bonds. The number of carbonyl (C=O) groups is 1. The van der Waals surface area contributed by atoms with Gasteiger partial charge in [-0.25, -0.2) is 4.98 Å². The molecule has 0 aliphatic heterocycles. The highest BCUT2D eigenvalue weighted by atomic mass is 16.5. The molecule has 3 aromatic rings. The van der Waals surface area contributed by atoms with Crippen LogP contribution in [0.4, 0.5) is 11.5 Å². The third-order valence-electron chi connectivity index (χ3n) is 5.63. The summed E-state index contributed by atoms with van der Waals surface area (Å²) in [5.41, 5.74) is 13.5. The third kappa shape index (κ3) is 3.96. The van der Waals surface area contributed by atoms with E-state index in [2.05, 4.69) is 9.97 Å². The minimum atomic E-state index is -0.731. The van der Waals surface area contributed by atoms with Crippen molar-refractivity contribution in [1.29, 1.82) is 0 Å². The van der Waals surface area contributed by atoms with Crippen molar-refractivity contribution in [1.82, 2.24) is 9.97 Å². The summed E-state index contributed by atoms with van der Waals surface area (Å²) >= 11 is 0. The van der Waals surface area contributed by atoms with Crippen molar-refractivity contribution >= 4 is 17.5 Å². The molecule has 1 aliphatic carbocycles. The molecule has 1 heterocycles. The van der Waals surface area contributed by atoms with Gasteiger partial charge in [0.05, 0.1) is 17.6 Å². The van der Waals surface area contributed by atoms with Crippen LogP contribution < -0.4 is 21.8 Å². The lowest BCUT2D eigenvalue weighted by atomic mass is 9.93. The van der Waals surface area contributed by atoms with E-state index in [0.29, 0.717) is 37.2 Å². The molecular weight excluding hydrogens is 396 g/mol. The van der Waals surface area contributed by atoms with Crippen molar-refractivity contribution in [3.05, 3.63) is 58.4 Å². The Morgan fingerprint density at radius 1 is 1.19 bits per heavy atom. The van der Waals surface area contributed by atoms with Crippen LogP contribution >= 0.6 is 0 Å². The molecule has 1 aromatic heterocycles. The molecule has 1 fully saturated rings. The van der Waals surface area contributed by atoms with Crippen LogP contribution in [0.15, 0.2) is 47.3 Å². The van der Waals surface area contributed by atoms with Gasteiger partial charge in [-0.3, -0.25) is 9.59 Å². The van der Waals surface area contributed by atoms with Crippen LogP contribution in [0.1, 0.15) is 25.3 Å². The lowest BCUT2D eigenvalue weighted by Gasteiger charge is -2.14. The fourth-order valence-electron chi connectivity index (χ4n) is 3.67. The second-order valence-corrected chi connectivity index (χ2v) is 7.82. The number of nitrogens with two attached hydrogens (primary N) is 2. The number of hydrogen-bond donors (Lipinski definition) is 4. The number of benzene rings is 2. The number of carboxylic acid groups (broad SMARTS) is 1. The van der Waals surface area contributed by atoms with Crippen LogP contribution in [0.2, 0.25) is 0 Å². The number of rotatable bonds is 7. The first-order valence-electron chi connectivity index (χ1n) is 10.1. The van der Waals surface area contributed by atoms with Crippen molar-refractivity contribution in [2.24, 2.45) is 5.41 Å². The predicted molar refractivity (Wildman–Crippen MR) is 119 cm³/mol. The first-order valence-corrected chi connectivity index (χ1v) is 10.1. The predicted octanol–water partition coefficient (Wildman–Crippen LogP) is 3.07. The molecule has 8 heteroatoms. The molecule has 6 N–H and O–H groups in total. The molecule has 31 heavy (non-hydrogen) atoms. The van der Waals surface area contributed by atoms with E-state index in [1.807, 2.05) is 43.3 Å². The Hall–Kier alpha value is -3.81. The van der Waals surface area contributed by atoms with Gasteiger partial charge in [-0.2, -0.15) is 0 Å². The molecule has 0 spiro atoms. The number of carboxylic acids is 1. The van der Waals surface area contributed by atoms with Gasteiger partial charge in [-0.1, -0.05) is 30.3 Å². The summed E-state index contributed by atoms with van der Waals surface area (Å²) in [6.07, 6.45) is 1.94. The summed E-state index contributed by atoms with van der Waals surface area (Å²) in [6, 6.07) is 13.4. The van der Waals surface area contributed by atoms with Crippen LogP contribution in [0, 0.1) is 5.41 Å². The highest BCUT2D eigenvalue weighted by molar-refractivity contribution is 5.79. The standard InChI is InChI=1S/C23H24N4O4/c1-2-31-17-11-15(6-7-16(17)20-26-19(25)18(24)21(28)27-20)14-5-3-4-13(10-14)12-23(8-9-23)22(29)30/h3-7,10-11H,2,8-9,12,24H2,1H3,(H,29,30)(H3,25,26,27,28). The van der Waals surface area contributed by atoms with E-state index >= 15 is 0 Å². The van der Waals surface area contributed by atoms with Gasteiger partial charge in [0.15, 0.2) is 5.82 Å². The van der Waals surface area contributed by atoms with Gasteiger partial charge < -0.3 is 26.3 Å². The summed E-state index contributed by atoms with van der Waals surface area (Å²) in [6.45, 7) is 2.29. The van der Waals surface area contributed by atoms with Gasteiger partial charge in [-0.05, 0) is 55.0 Å². The SMILES string of the molecule is CCOc1cc(-c2cccc(CC3(C(=O)O)CC3)c2)ccc1-c1nc(N)c(N)c(=O)[nH]1. The molecule has 0 unspecified atom stereocenters. The second kappa shape index (κ2) is 7.79. The summed E-state index contributed by atoms with van der Waals surface area (Å²) in [7, 11) is 0. The van der Waals surface area contributed by atoms with Crippen molar-refractivity contribution < 1.29 is 14.6 Å². The number of aliphatic carboxylic acids is 1. The maximum absolute atomic E-state index is 12.0. The van der Waals surface area contributed by atoms with Gasteiger partial charge >= 0.3 is 5.97 Å².